The van der Waals surface area contributed by atoms with Gasteiger partial charge in [-0.3, -0.25) is 19.1 Å². The van der Waals surface area contributed by atoms with Crippen LogP contribution in [0.5, 0.6) is 0 Å². The molecule has 0 saturated heterocycles. The van der Waals surface area contributed by atoms with Gasteiger partial charge in [-0.15, -0.1) is 0 Å². The normalized spacial score (nSPS) is 15.3. The first-order valence-electron chi connectivity index (χ1n) is 9.19. The van der Waals surface area contributed by atoms with Crippen molar-refractivity contribution in [3.05, 3.63) is 70.4 Å². The van der Waals surface area contributed by atoms with E-state index in [1.54, 1.807) is 45.9 Å². The average Bonchev–Trinajstić information content (AvgIpc) is 3.34. The van der Waals surface area contributed by atoms with E-state index in [9.17, 15) is 9.59 Å². The maximum absolute atomic E-state index is 13.2. The Bertz CT molecular complexity index is 1320. The Labute approximate surface area is 179 Å². The summed E-state index contributed by atoms with van der Waals surface area (Å²) in [4.78, 5) is 34.2. The van der Waals surface area contributed by atoms with E-state index in [-0.39, 0.29) is 23.9 Å². The molecule has 1 aliphatic heterocycles. The van der Waals surface area contributed by atoms with Gasteiger partial charge in [0.2, 0.25) is 5.91 Å². The number of rotatable bonds is 4. The number of nitrogens with one attached hydrogen (secondary N) is 1. The second-order valence-corrected chi connectivity index (χ2v) is 8.22. The van der Waals surface area contributed by atoms with Gasteiger partial charge in [-0.25, -0.2) is 9.67 Å². The van der Waals surface area contributed by atoms with Crippen molar-refractivity contribution >= 4 is 46.0 Å². The molecule has 0 spiro atoms. The predicted molar refractivity (Wildman–Crippen MR) is 115 cm³/mol. The minimum atomic E-state index is -0.272. The van der Waals surface area contributed by atoms with Crippen molar-refractivity contribution in [3.63, 3.8) is 0 Å². The van der Waals surface area contributed by atoms with E-state index in [0.29, 0.717) is 32.7 Å². The zero-order chi connectivity index (χ0) is 20.7. The zero-order valence-electron chi connectivity index (χ0n) is 15.5. The number of thioether (sulfide) groups is 1. The molecule has 0 unspecified atom stereocenters. The van der Waals surface area contributed by atoms with E-state index in [1.807, 2.05) is 12.1 Å². The van der Waals surface area contributed by atoms with Crippen molar-refractivity contribution in [2.24, 2.45) is 0 Å². The summed E-state index contributed by atoms with van der Waals surface area (Å²) in [6.45, 7) is 0. The third kappa shape index (κ3) is 3.35. The number of hydrogen-bond donors (Lipinski definition) is 1. The highest BCUT2D eigenvalue weighted by Gasteiger charge is 2.29. The number of nitrogens with zero attached hydrogens (tertiary/aromatic N) is 5. The molecule has 1 aromatic carbocycles. The van der Waals surface area contributed by atoms with Crippen molar-refractivity contribution in [1.82, 2.24) is 24.3 Å². The summed E-state index contributed by atoms with van der Waals surface area (Å²) in [5.41, 5.74) is 1.67. The van der Waals surface area contributed by atoms with Crippen LogP contribution in [0.25, 0.3) is 16.7 Å². The fourth-order valence-corrected chi connectivity index (χ4v) is 4.75. The highest BCUT2D eigenvalue weighted by Crippen LogP contribution is 2.33. The van der Waals surface area contributed by atoms with Gasteiger partial charge in [-0.05, 0) is 30.3 Å². The van der Waals surface area contributed by atoms with E-state index in [0.717, 1.165) is 5.69 Å². The van der Waals surface area contributed by atoms with E-state index in [2.05, 4.69) is 20.4 Å². The molecule has 3 aromatic heterocycles. The number of benzene rings is 1. The van der Waals surface area contributed by atoms with Crippen LogP contribution in [0.1, 0.15) is 12.5 Å². The highest BCUT2D eigenvalue weighted by molar-refractivity contribution is 7.99. The van der Waals surface area contributed by atoms with Gasteiger partial charge in [0.1, 0.15) is 5.39 Å². The fourth-order valence-electron chi connectivity index (χ4n) is 3.44. The molecule has 0 radical (unpaired) electrons. The number of fused-ring (bicyclic) bond motifs is 2. The monoisotopic (exact) mass is 438 g/mol. The molecule has 1 amide bonds. The molecule has 150 valence electrons. The molecule has 0 aliphatic carbocycles. The molecule has 1 N–H and O–H groups in total. The summed E-state index contributed by atoms with van der Waals surface area (Å²) in [7, 11) is 0. The lowest BCUT2D eigenvalue weighted by molar-refractivity contribution is -0.116. The Hall–Kier alpha value is -3.17. The van der Waals surface area contributed by atoms with Crippen LogP contribution in [0.4, 0.5) is 5.69 Å². The predicted octanol–water partition coefficient (Wildman–Crippen LogP) is 3.31. The number of hydrogen-bond acceptors (Lipinski definition) is 6. The third-order valence-electron chi connectivity index (χ3n) is 4.81. The minimum absolute atomic E-state index is 0.165. The first-order chi connectivity index (χ1) is 14.6. The van der Waals surface area contributed by atoms with Crippen molar-refractivity contribution in [3.8, 4) is 5.69 Å². The lowest BCUT2D eigenvalue weighted by Crippen LogP contribution is -2.27. The van der Waals surface area contributed by atoms with E-state index < -0.39 is 0 Å². The maximum Gasteiger partial charge on any atom is 0.265 e. The van der Waals surface area contributed by atoms with Crippen LogP contribution in [0, 0.1) is 0 Å². The number of carbonyl (C=O) groups is 1. The average molecular weight is 439 g/mol. The topological polar surface area (TPSA) is 94.7 Å². The summed E-state index contributed by atoms with van der Waals surface area (Å²) in [6.07, 6.45) is 4.91. The largest absolute Gasteiger partial charge is 0.326 e. The lowest BCUT2D eigenvalue weighted by atomic mass is 10.2. The summed E-state index contributed by atoms with van der Waals surface area (Å²) in [5.74, 6) is 0.435. The molecule has 4 heterocycles. The Balaban J connectivity index is 1.47. The molecule has 4 aromatic rings. The Morgan fingerprint density at radius 1 is 1.27 bits per heavy atom. The van der Waals surface area contributed by atoms with Gasteiger partial charge in [0.25, 0.3) is 5.56 Å². The quantitative estimate of drug-likeness (QED) is 0.491. The van der Waals surface area contributed by atoms with Crippen molar-refractivity contribution < 1.29 is 4.79 Å². The van der Waals surface area contributed by atoms with E-state index in [4.69, 9.17) is 11.6 Å². The first kappa shape index (κ1) is 18.8. The number of halogens is 1. The van der Waals surface area contributed by atoms with Gasteiger partial charge < -0.3 is 5.32 Å². The molecule has 8 nitrogen and oxygen atoms in total. The Morgan fingerprint density at radius 2 is 2.10 bits per heavy atom. The maximum atomic E-state index is 13.2. The summed E-state index contributed by atoms with van der Waals surface area (Å²) in [5, 5.41) is 8.73. The van der Waals surface area contributed by atoms with Gasteiger partial charge in [0.05, 0.1) is 17.9 Å². The minimum Gasteiger partial charge on any atom is -0.326 e. The SMILES string of the molecule is O=C(C[C@H]1CSc2nc3c(cnn3-c3cccc(Cl)c3)c(=O)n21)Nc1ccncc1. The van der Waals surface area contributed by atoms with Gasteiger partial charge in [0.15, 0.2) is 10.8 Å². The number of carbonyl (C=O) groups excluding carboxylic acids is 1. The molecular formula is C20H15ClN6O2S. The number of anilines is 1. The molecule has 1 atom stereocenters. The standard InChI is InChI=1S/C20H15ClN6O2S/c21-12-2-1-3-14(8-12)27-18-16(10-23-27)19(29)26-15(11-30-20(26)25-18)9-17(28)24-13-4-6-22-7-5-13/h1-8,10,15H,9,11H2,(H,22,24,28)/t15-/m0/s1. The van der Waals surface area contributed by atoms with E-state index in [1.165, 1.54) is 18.0 Å². The van der Waals surface area contributed by atoms with Crippen LogP contribution in [-0.2, 0) is 4.79 Å². The third-order valence-corrected chi connectivity index (χ3v) is 6.14. The van der Waals surface area contributed by atoms with Crippen LogP contribution < -0.4 is 10.9 Å². The summed E-state index contributed by atoms with van der Waals surface area (Å²) in [6, 6.07) is 10.4. The molecule has 5 rings (SSSR count). The second kappa shape index (κ2) is 7.58. The van der Waals surface area contributed by atoms with E-state index >= 15 is 0 Å². The molecule has 0 saturated carbocycles. The molecule has 0 fully saturated rings. The van der Waals surface area contributed by atoms with Crippen LogP contribution >= 0.6 is 23.4 Å². The first-order valence-corrected chi connectivity index (χ1v) is 10.6. The second-order valence-electron chi connectivity index (χ2n) is 6.80. The Kier molecular flexibility index (Phi) is 4.76. The van der Waals surface area contributed by atoms with Gasteiger partial charge >= 0.3 is 0 Å². The van der Waals surface area contributed by atoms with Crippen LogP contribution in [0.3, 0.4) is 0 Å². The highest BCUT2D eigenvalue weighted by atomic mass is 35.5. The molecule has 1 aliphatic rings. The van der Waals surface area contributed by atoms with Crippen LogP contribution in [0.2, 0.25) is 5.02 Å². The van der Waals surface area contributed by atoms with Crippen molar-refractivity contribution in [2.75, 3.05) is 11.1 Å². The summed E-state index contributed by atoms with van der Waals surface area (Å²) >= 11 is 7.55. The van der Waals surface area contributed by atoms with Gasteiger partial charge in [0, 0.05) is 35.3 Å². The summed E-state index contributed by atoms with van der Waals surface area (Å²) < 4.78 is 3.20. The van der Waals surface area contributed by atoms with Gasteiger partial charge in [-0.2, -0.15) is 5.10 Å². The molecule has 30 heavy (non-hydrogen) atoms. The van der Waals surface area contributed by atoms with Crippen LogP contribution in [-0.4, -0.2) is 36.0 Å². The van der Waals surface area contributed by atoms with Gasteiger partial charge in [-0.1, -0.05) is 29.4 Å². The zero-order valence-corrected chi connectivity index (χ0v) is 17.1. The number of aromatic nitrogens is 5. The molecule has 0 bridgehead atoms. The Morgan fingerprint density at radius 3 is 2.90 bits per heavy atom. The fraction of sp³-hybridized carbons (Fsp3) is 0.150. The molecular weight excluding hydrogens is 424 g/mol. The lowest BCUT2D eigenvalue weighted by Gasteiger charge is -2.13. The smallest absolute Gasteiger partial charge is 0.265 e. The van der Waals surface area contributed by atoms with Crippen molar-refractivity contribution in [1.29, 1.82) is 0 Å². The molecule has 10 heteroatoms. The number of pyridine rings is 1. The van der Waals surface area contributed by atoms with Crippen LogP contribution in [0.15, 0.2) is 64.9 Å². The number of amides is 1. The van der Waals surface area contributed by atoms with Crippen molar-refractivity contribution in [2.45, 2.75) is 17.6 Å².